The van der Waals surface area contributed by atoms with Crippen LogP contribution in [0.2, 0.25) is 0 Å². The van der Waals surface area contributed by atoms with Crippen LogP contribution in [-0.2, 0) is 11.3 Å². The van der Waals surface area contributed by atoms with Crippen molar-refractivity contribution in [2.75, 3.05) is 51.4 Å². The average molecular weight is 427 g/mol. The lowest BCUT2D eigenvalue weighted by molar-refractivity contribution is 0.122. The van der Waals surface area contributed by atoms with Crippen molar-refractivity contribution < 1.29 is 14.2 Å². The first-order chi connectivity index (χ1) is 15.2. The van der Waals surface area contributed by atoms with Crippen LogP contribution in [0.25, 0.3) is 0 Å². The van der Waals surface area contributed by atoms with Crippen molar-refractivity contribution in [3.05, 3.63) is 54.1 Å². The standard InChI is InChI=1S/C24H34N4O3/c1-4-25-24(26-17-19(2)31-23-12-8-7-11-22(23)29-3)27-18-20-9-5-6-10-21(20)28-13-15-30-16-14-28/h5-12,19H,4,13-18H2,1-3H3,(H2,25,26,27). The molecule has 0 spiro atoms. The van der Waals surface area contributed by atoms with Gasteiger partial charge in [0.1, 0.15) is 6.10 Å². The summed E-state index contributed by atoms with van der Waals surface area (Å²) in [6.07, 6.45) is -0.0548. The number of hydrogen-bond donors (Lipinski definition) is 2. The molecular weight excluding hydrogens is 392 g/mol. The fourth-order valence-corrected chi connectivity index (χ4v) is 3.48. The summed E-state index contributed by atoms with van der Waals surface area (Å²) >= 11 is 0. The third-order valence-corrected chi connectivity index (χ3v) is 5.05. The number of anilines is 1. The van der Waals surface area contributed by atoms with Crippen molar-refractivity contribution in [1.29, 1.82) is 0 Å². The van der Waals surface area contributed by atoms with Gasteiger partial charge in [0.25, 0.3) is 0 Å². The lowest BCUT2D eigenvalue weighted by atomic mass is 10.1. The van der Waals surface area contributed by atoms with Gasteiger partial charge in [-0.25, -0.2) is 4.99 Å². The predicted molar refractivity (Wildman–Crippen MR) is 125 cm³/mol. The van der Waals surface area contributed by atoms with Crippen LogP contribution in [0, 0.1) is 0 Å². The molecule has 2 aromatic carbocycles. The topological polar surface area (TPSA) is 67.4 Å². The fraction of sp³-hybridized carbons (Fsp3) is 0.458. The summed E-state index contributed by atoms with van der Waals surface area (Å²) in [6.45, 7) is 9.47. The number of benzene rings is 2. The highest BCUT2D eigenvalue weighted by Crippen LogP contribution is 2.26. The molecule has 1 fully saturated rings. The molecule has 31 heavy (non-hydrogen) atoms. The van der Waals surface area contributed by atoms with Gasteiger partial charge in [-0.05, 0) is 37.6 Å². The van der Waals surface area contributed by atoms with Crippen molar-refractivity contribution in [2.45, 2.75) is 26.5 Å². The van der Waals surface area contributed by atoms with Crippen LogP contribution in [0.15, 0.2) is 53.5 Å². The number of morpholine rings is 1. The molecule has 2 aromatic rings. The molecule has 1 heterocycles. The molecule has 1 atom stereocenters. The van der Waals surface area contributed by atoms with Gasteiger partial charge in [-0.15, -0.1) is 0 Å². The average Bonchev–Trinajstić information content (AvgIpc) is 2.82. The number of nitrogens with one attached hydrogen (secondary N) is 2. The number of methoxy groups -OCH3 is 1. The van der Waals surface area contributed by atoms with Gasteiger partial charge in [0.15, 0.2) is 17.5 Å². The van der Waals surface area contributed by atoms with Gasteiger partial charge in [-0.1, -0.05) is 30.3 Å². The molecule has 1 aliphatic rings. The zero-order valence-electron chi connectivity index (χ0n) is 18.8. The number of rotatable bonds is 9. The molecule has 1 aliphatic heterocycles. The van der Waals surface area contributed by atoms with E-state index in [4.69, 9.17) is 19.2 Å². The van der Waals surface area contributed by atoms with E-state index in [9.17, 15) is 0 Å². The maximum absolute atomic E-state index is 6.04. The largest absolute Gasteiger partial charge is 0.493 e. The van der Waals surface area contributed by atoms with Crippen LogP contribution in [0.3, 0.4) is 0 Å². The van der Waals surface area contributed by atoms with Gasteiger partial charge < -0.3 is 29.7 Å². The molecular formula is C24H34N4O3. The van der Waals surface area contributed by atoms with Crippen molar-refractivity contribution in [2.24, 2.45) is 4.99 Å². The highest BCUT2D eigenvalue weighted by Gasteiger charge is 2.14. The third-order valence-electron chi connectivity index (χ3n) is 5.05. The SMILES string of the molecule is CCNC(=NCc1ccccc1N1CCOCC1)NCC(C)Oc1ccccc1OC. The first-order valence-electron chi connectivity index (χ1n) is 10.9. The van der Waals surface area contributed by atoms with E-state index in [0.717, 1.165) is 50.3 Å². The minimum Gasteiger partial charge on any atom is -0.493 e. The fourth-order valence-electron chi connectivity index (χ4n) is 3.48. The summed E-state index contributed by atoms with van der Waals surface area (Å²) in [5.74, 6) is 2.24. The molecule has 168 valence electrons. The van der Waals surface area contributed by atoms with Gasteiger partial charge in [-0.2, -0.15) is 0 Å². The molecule has 0 aromatic heterocycles. The van der Waals surface area contributed by atoms with Gasteiger partial charge in [-0.3, -0.25) is 0 Å². The summed E-state index contributed by atoms with van der Waals surface area (Å²) < 4.78 is 16.9. The summed E-state index contributed by atoms with van der Waals surface area (Å²) in [6, 6.07) is 16.1. The number of guanidine groups is 1. The van der Waals surface area contributed by atoms with Gasteiger partial charge in [0, 0.05) is 25.3 Å². The number of hydrogen-bond acceptors (Lipinski definition) is 5. The highest BCUT2D eigenvalue weighted by atomic mass is 16.5. The Balaban J connectivity index is 1.60. The van der Waals surface area contributed by atoms with E-state index >= 15 is 0 Å². The van der Waals surface area contributed by atoms with Crippen LogP contribution in [-0.4, -0.2) is 58.6 Å². The summed E-state index contributed by atoms with van der Waals surface area (Å²) in [4.78, 5) is 7.18. The second kappa shape index (κ2) is 12.1. The highest BCUT2D eigenvalue weighted by molar-refractivity contribution is 5.79. The van der Waals surface area contributed by atoms with E-state index in [0.29, 0.717) is 13.1 Å². The summed E-state index contributed by atoms with van der Waals surface area (Å²) in [5, 5.41) is 6.71. The smallest absolute Gasteiger partial charge is 0.191 e. The minimum atomic E-state index is -0.0548. The lowest BCUT2D eigenvalue weighted by Gasteiger charge is -2.30. The molecule has 0 saturated carbocycles. The maximum atomic E-state index is 6.04. The summed E-state index contributed by atoms with van der Waals surface area (Å²) in [5.41, 5.74) is 2.44. The Morgan fingerprint density at radius 3 is 2.52 bits per heavy atom. The van der Waals surface area contributed by atoms with Crippen LogP contribution in [0.1, 0.15) is 19.4 Å². The zero-order chi connectivity index (χ0) is 21.9. The van der Waals surface area contributed by atoms with E-state index in [1.165, 1.54) is 11.3 Å². The van der Waals surface area contributed by atoms with E-state index in [2.05, 4.69) is 46.7 Å². The predicted octanol–water partition coefficient (Wildman–Crippen LogP) is 3.05. The Labute approximate surface area is 185 Å². The Morgan fingerprint density at radius 1 is 1.06 bits per heavy atom. The normalized spacial score (nSPS) is 15.3. The van der Waals surface area contributed by atoms with E-state index in [-0.39, 0.29) is 6.10 Å². The minimum absolute atomic E-state index is 0.0548. The number of aliphatic imine (C=N–C) groups is 1. The quantitative estimate of drug-likeness (QED) is 0.475. The molecule has 0 bridgehead atoms. The Morgan fingerprint density at radius 2 is 1.77 bits per heavy atom. The maximum Gasteiger partial charge on any atom is 0.191 e. The Kier molecular flexibility index (Phi) is 8.84. The lowest BCUT2D eigenvalue weighted by Crippen LogP contribution is -2.41. The molecule has 1 unspecified atom stereocenters. The van der Waals surface area contributed by atoms with Crippen molar-refractivity contribution >= 4 is 11.6 Å². The second-order valence-corrected chi connectivity index (χ2v) is 7.38. The third kappa shape index (κ3) is 6.79. The molecule has 2 N–H and O–H groups in total. The number of nitrogens with zero attached hydrogens (tertiary/aromatic N) is 2. The van der Waals surface area contributed by atoms with Crippen molar-refractivity contribution in [1.82, 2.24) is 10.6 Å². The van der Waals surface area contributed by atoms with Gasteiger partial charge in [0.05, 0.1) is 33.4 Å². The van der Waals surface area contributed by atoms with Crippen LogP contribution >= 0.6 is 0 Å². The van der Waals surface area contributed by atoms with Crippen LogP contribution in [0.4, 0.5) is 5.69 Å². The van der Waals surface area contributed by atoms with Crippen molar-refractivity contribution in [3.8, 4) is 11.5 Å². The number of para-hydroxylation sites is 3. The first-order valence-corrected chi connectivity index (χ1v) is 10.9. The molecule has 3 rings (SSSR count). The molecule has 0 aliphatic carbocycles. The van der Waals surface area contributed by atoms with Crippen LogP contribution < -0.4 is 25.0 Å². The van der Waals surface area contributed by atoms with Crippen LogP contribution in [0.5, 0.6) is 11.5 Å². The first kappa shape index (κ1) is 22.7. The van der Waals surface area contributed by atoms with E-state index < -0.39 is 0 Å². The van der Waals surface area contributed by atoms with Gasteiger partial charge >= 0.3 is 0 Å². The molecule has 0 amide bonds. The molecule has 7 nitrogen and oxygen atoms in total. The molecule has 0 radical (unpaired) electrons. The summed E-state index contributed by atoms with van der Waals surface area (Å²) in [7, 11) is 1.65. The molecule has 1 saturated heterocycles. The Bertz CT molecular complexity index is 837. The molecule has 7 heteroatoms. The van der Waals surface area contributed by atoms with Gasteiger partial charge in [0.2, 0.25) is 0 Å². The van der Waals surface area contributed by atoms with E-state index in [1.54, 1.807) is 7.11 Å². The second-order valence-electron chi connectivity index (χ2n) is 7.38. The Hall–Kier alpha value is -2.93. The number of ether oxygens (including phenoxy) is 3. The van der Waals surface area contributed by atoms with Crippen molar-refractivity contribution in [3.63, 3.8) is 0 Å². The van der Waals surface area contributed by atoms with E-state index in [1.807, 2.05) is 31.2 Å². The zero-order valence-corrected chi connectivity index (χ0v) is 18.8. The monoisotopic (exact) mass is 426 g/mol.